The standard InChI is InChI=1S/C9H13.3ClH.Ti/c1-2-3-6-9-7-4-5-8-9;;;;/h4,7H,2-3,5-6H2,1H3;3*1H;/q-1;;;;. The number of unbranched alkanes of at least 4 members (excludes halogenated alkanes) is 1. The van der Waals surface area contributed by atoms with Gasteiger partial charge in [0.15, 0.2) is 0 Å². The normalized spacial score (nSPS) is 11.3. The van der Waals surface area contributed by atoms with Crippen LogP contribution < -0.4 is 0 Å². The Bertz CT molecular complexity index is 144. The first-order valence-electron chi connectivity index (χ1n) is 3.69. The van der Waals surface area contributed by atoms with Gasteiger partial charge in [0.25, 0.3) is 0 Å². The maximum absolute atomic E-state index is 3.30. The van der Waals surface area contributed by atoms with Crippen LogP contribution in [0, 0.1) is 6.08 Å². The first-order chi connectivity index (χ1) is 4.43. The quantitative estimate of drug-likeness (QED) is 0.538. The van der Waals surface area contributed by atoms with Gasteiger partial charge in [0.1, 0.15) is 0 Å². The molecule has 0 heterocycles. The largest absolute Gasteiger partial charge is 0.269 e. The Morgan fingerprint density at radius 3 is 2.31 bits per heavy atom. The Balaban J connectivity index is -0.000000101. The van der Waals surface area contributed by atoms with Crippen LogP contribution in [-0.2, 0) is 21.7 Å². The molecule has 13 heavy (non-hydrogen) atoms. The Kier molecular flexibility index (Phi) is 28.3. The van der Waals surface area contributed by atoms with Crippen molar-refractivity contribution < 1.29 is 21.7 Å². The second-order valence-corrected chi connectivity index (χ2v) is 2.41. The molecule has 4 heteroatoms. The van der Waals surface area contributed by atoms with E-state index in [0.717, 1.165) is 6.42 Å². The molecule has 0 saturated heterocycles. The molecular formula is C9H16Cl3Ti-. The summed E-state index contributed by atoms with van der Waals surface area (Å²) in [6.07, 6.45) is 12.5. The van der Waals surface area contributed by atoms with Crippen molar-refractivity contribution >= 4 is 37.2 Å². The third-order valence-corrected chi connectivity index (χ3v) is 1.57. The van der Waals surface area contributed by atoms with E-state index in [0.29, 0.717) is 0 Å². The van der Waals surface area contributed by atoms with E-state index in [1.54, 1.807) is 0 Å². The van der Waals surface area contributed by atoms with E-state index in [1.807, 2.05) is 0 Å². The molecule has 0 aromatic rings. The minimum absolute atomic E-state index is 0. The van der Waals surface area contributed by atoms with Gasteiger partial charge in [-0.05, 0) is 0 Å². The van der Waals surface area contributed by atoms with Crippen molar-refractivity contribution in [2.45, 2.75) is 32.6 Å². The van der Waals surface area contributed by atoms with E-state index in [4.69, 9.17) is 0 Å². The molecule has 0 unspecified atom stereocenters. The topological polar surface area (TPSA) is 0 Å². The van der Waals surface area contributed by atoms with E-state index < -0.39 is 0 Å². The van der Waals surface area contributed by atoms with E-state index in [-0.39, 0.29) is 58.9 Å². The fourth-order valence-electron chi connectivity index (χ4n) is 0.989. The second kappa shape index (κ2) is 15.5. The van der Waals surface area contributed by atoms with Crippen molar-refractivity contribution in [3.05, 3.63) is 23.8 Å². The van der Waals surface area contributed by atoms with Crippen molar-refractivity contribution in [2.75, 3.05) is 0 Å². The van der Waals surface area contributed by atoms with Gasteiger partial charge in [-0.3, -0.25) is 6.08 Å². The van der Waals surface area contributed by atoms with E-state index >= 15 is 0 Å². The van der Waals surface area contributed by atoms with Crippen LogP contribution in [-0.4, -0.2) is 0 Å². The molecule has 0 nitrogen and oxygen atoms in total. The number of halogens is 3. The van der Waals surface area contributed by atoms with Crippen LogP contribution in [0.3, 0.4) is 0 Å². The Morgan fingerprint density at radius 1 is 1.31 bits per heavy atom. The van der Waals surface area contributed by atoms with Gasteiger partial charge in [0, 0.05) is 21.7 Å². The summed E-state index contributed by atoms with van der Waals surface area (Å²) >= 11 is 0. The fraction of sp³-hybridized carbons (Fsp3) is 0.556. The zero-order valence-electron chi connectivity index (χ0n) is 7.71. The molecule has 0 spiro atoms. The van der Waals surface area contributed by atoms with E-state index in [2.05, 4.69) is 25.2 Å². The third-order valence-electron chi connectivity index (χ3n) is 1.57. The summed E-state index contributed by atoms with van der Waals surface area (Å²) < 4.78 is 0. The zero-order valence-corrected chi connectivity index (χ0v) is 11.7. The number of allylic oxidation sites excluding steroid dienone is 4. The molecule has 1 aliphatic carbocycles. The SMILES string of the molecule is CCCCC1=[C-]CC=C1.Cl.Cl.Cl.[Ti]. The summed E-state index contributed by atoms with van der Waals surface area (Å²) in [5.74, 6) is 0. The third kappa shape index (κ3) is 11.0. The molecule has 0 aromatic heterocycles. The van der Waals surface area contributed by atoms with Gasteiger partial charge >= 0.3 is 0 Å². The van der Waals surface area contributed by atoms with Crippen LogP contribution >= 0.6 is 37.2 Å². The van der Waals surface area contributed by atoms with E-state index in [1.165, 1.54) is 24.8 Å². The molecule has 0 amide bonds. The molecule has 0 saturated carbocycles. The van der Waals surface area contributed by atoms with Crippen molar-refractivity contribution in [1.82, 2.24) is 0 Å². The number of hydrogen-bond acceptors (Lipinski definition) is 0. The van der Waals surface area contributed by atoms with Gasteiger partial charge < -0.3 is 0 Å². The molecule has 1 rings (SSSR count). The van der Waals surface area contributed by atoms with Crippen LogP contribution in [0.5, 0.6) is 0 Å². The molecule has 1 aliphatic rings. The molecule has 0 fully saturated rings. The van der Waals surface area contributed by atoms with Gasteiger partial charge in [-0.15, -0.1) is 43.6 Å². The van der Waals surface area contributed by atoms with E-state index in [9.17, 15) is 0 Å². The van der Waals surface area contributed by atoms with Crippen LogP contribution in [0.2, 0.25) is 0 Å². The molecule has 0 N–H and O–H groups in total. The summed E-state index contributed by atoms with van der Waals surface area (Å²) in [4.78, 5) is 0. The maximum Gasteiger partial charge on any atom is 0 e. The number of rotatable bonds is 3. The summed E-state index contributed by atoms with van der Waals surface area (Å²) in [7, 11) is 0. The van der Waals surface area contributed by atoms with Gasteiger partial charge in [-0.25, -0.2) is 11.6 Å². The first kappa shape index (κ1) is 23.7. The summed E-state index contributed by atoms with van der Waals surface area (Å²) in [6, 6.07) is 0. The van der Waals surface area contributed by atoms with Crippen LogP contribution in [0.4, 0.5) is 0 Å². The smallest absolute Gasteiger partial charge is 0 e. The summed E-state index contributed by atoms with van der Waals surface area (Å²) in [5.41, 5.74) is 1.41. The van der Waals surface area contributed by atoms with Gasteiger partial charge in [0.05, 0.1) is 0 Å². The number of hydrogen-bond donors (Lipinski definition) is 0. The Hall–Kier alpha value is 1.06. The molecular weight excluding hydrogens is 262 g/mol. The molecule has 0 atom stereocenters. The fourth-order valence-corrected chi connectivity index (χ4v) is 0.989. The Morgan fingerprint density at radius 2 is 1.92 bits per heavy atom. The predicted molar refractivity (Wildman–Crippen MR) is 61.8 cm³/mol. The molecule has 0 aromatic carbocycles. The molecule has 0 radical (unpaired) electrons. The van der Waals surface area contributed by atoms with Crippen LogP contribution in [0.15, 0.2) is 17.7 Å². The van der Waals surface area contributed by atoms with Gasteiger partial charge in [-0.2, -0.15) is 6.08 Å². The molecule has 0 aliphatic heterocycles. The minimum Gasteiger partial charge on any atom is -0.269 e. The van der Waals surface area contributed by atoms with Gasteiger partial charge in [-0.1, -0.05) is 26.2 Å². The maximum atomic E-state index is 3.30. The van der Waals surface area contributed by atoms with Crippen molar-refractivity contribution in [3.8, 4) is 0 Å². The molecule has 78 valence electrons. The average Bonchev–Trinajstić information content (AvgIpc) is 2.34. The summed E-state index contributed by atoms with van der Waals surface area (Å²) in [5, 5.41) is 0. The molecule has 0 bridgehead atoms. The van der Waals surface area contributed by atoms with Crippen LogP contribution in [0.1, 0.15) is 32.6 Å². The predicted octanol–water partition coefficient (Wildman–Crippen LogP) is 4.13. The van der Waals surface area contributed by atoms with Crippen molar-refractivity contribution in [1.29, 1.82) is 0 Å². The van der Waals surface area contributed by atoms with Gasteiger partial charge in [0.2, 0.25) is 0 Å². The second-order valence-electron chi connectivity index (χ2n) is 2.41. The van der Waals surface area contributed by atoms with Crippen molar-refractivity contribution in [3.63, 3.8) is 0 Å². The average molecular weight is 278 g/mol. The monoisotopic (exact) mass is 277 g/mol. The van der Waals surface area contributed by atoms with Crippen LogP contribution in [0.25, 0.3) is 0 Å². The zero-order chi connectivity index (χ0) is 6.53. The Labute approximate surface area is 115 Å². The van der Waals surface area contributed by atoms with Crippen molar-refractivity contribution in [2.24, 2.45) is 0 Å². The minimum atomic E-state index is 0. The summed E-state index contributed by atoms with van der Waals surface area (Å²) in [6.45, 7) is 2.22. The first-order valence-corrected chi connectivity index (χ1v) is 3.69.